The van der Waals surface area contributed by atoms with E-state index in [1.165, 1.54) is 0 Å². The topological polar surface area (TPSA) is 56.1 Å². The summed E-state index contributed by atoms with van der Waals surface area (Å²) in [5, 5.41) is 0. The smallest absolute Gasteiger partial charge is 0.166 e. The number of imidazole rings is 1. The van der Waals surface area contributed by atoms with Crippen LogP contribution < -0.4 is 9.47 Å². The molecule has 1 aromatic carbocycles. The van der Waals surface area contributed by atoms with Crippen LogP contribution in [0.5, 0.6) is 11.5 Å². The summed E-state index contributed by atoms with van der Waals surface area (Å²) < 4.78 is 14.2. The number of carbonyl (C=O) groups excluding carboxylic acids is 1. The van der Waals surface area contributed by atoms with Crippen molar-refractivity contribution in [2.75, 3.05) is 26.3 Å². The van der Waals surface area contributed by atoms with Gasteiger partial charge in [-0.25, -0.2) is 4.98 Å². The van der Waals surface area contributed by atoms with Gasteiger partial charge in [0.25, 0.3) is 0 Å². The molecule has 0 radical (unpaired) electrons. The highest BCUT2D eigenvalue weighted by atomic mass is 79.9. The lowest BCUT2D eigenvalue weighted by atomic mass is 9.88. The fourth-order valence-electron chi connectivity index (χ4n) is 4.11. The number of ether oxygens (including phenoxy) is 2. The predicted molar refractivity (Wildman–Crippen MR) is 113 cm³/mol. The molecule has 29 heavy (non-hydrogen) atoms. The normalized spacial score (nSPS) is 17.6. The molecule has 0 aliphatic carbocycles. The van der Waals surface area contributed by atoms with Gasteiger partial charge in [-0.3, -0.25) is 9.69 Å². The number of ketones is 1. The molecule has 1 saturated heterocycles. The van der Waals surface area contributed by atoms with Gasteiger partial charge in [-0.2, -0.15) is 0 Å². The summed E-state index contributed by atoms with van der Waals surface area (Å²) in [5.41, 5.74) is 2.73. The fourth-order valence-corrected chi connectivity index (χ4v) is 4.46. The molecule has 4 heterocycles. The largest absolute Gasteiger partial charge is 0.486 e. The minimum Gasteiger partial charge on any atom is -0.486 e. The summed E-state index contributed by atoms with van der Waals surface area (Å²) in [6.45, 7) is 3.70. The summed E-state index contributed by atoms with van der Waals surface area (Å²) in [4.78, 5) is 20.0. The first-order chi connectivity index (χ1) is 14.2. The Balaban J connectivity index is 1.21. The number of aromatic nitrogens is 2. The number of piperidine rings is 1. The van der Waals surface area contributed by atoms with E-state index in [0.717, 1.165) is 59.6 Å². The van der Waals surface area contributed by atoms with Gasteiger partial charge in [-0.05, 0) is 72.2 Å². The number of rotatable bonds is 4. The average Bonchev–Trinajstić information content (AvgIpc) is 3.14. The molecule has 0 saturated carbocycles. The summed E-state index contributed by atoms with van der Waals surface area (Å²) in [5.74, 6) is 1.67. The van der Waals surface area contributed by atoms with Crippen molar-refractivity contribution in [3.05, 3.63) is 58.5 Å². The third kappa shape index (κ3) is 3.89. The molecule has 0 atom stereocenters. The Hall–Kier alpha value is -2.38. The highest BCUT2D eigenvalue weighted by Crippen LogP contribution is 2.32. The molecular formula is C22H22BrN3O3. The summed E-state index contributed by atoms with van der Waals surface area (Å²) in [6.07, 6.45) is 5.83. The Morgan fingerprint density at radius 1 is 1.07 bits per heavy atom. The van der Waals surface area contributed by atoms with Crippen molar-refractivity contribution in [2.45, 2.75) is 19.4 Å². The third-order valence-corrected chi connectivity index (χ3v) is 6.10. The van der Waals surface area contributed by atoms with E-state index >= 15 is 0 Å². The van der Waals surface area contributed by atoms with E-state index in [1.54, 1.807) is 0 Å². The maximum absolute atomic E-state index is 13.0. The number of likely N-dealkylation sites (tertiary alicyclic amines) is 1. The molecule has 150 valence electrons. The Bertz CT molecular complexity index is 1060. The maximum atomic E-state index is 13.0. The number of benzene rings is 1. The molecular weight excluding hydrogens is 434 g/mol. The lowest BCUT2D eigenvalue weighted by Crippen LogP contribution is -2.36. The lowest BCUT2D eigenvalue weighted by molar-refractivity contribution is 0.0833. The molecule has 0 bridgehead atoms. The zero-order chi connectivity index (χ0) is 19.8. The van der Waals surface area contributed by atoms with Crippen LogP contribution in [-0.4, -0.2) is 46.4 Å². The zero-order valence-electron chi connectivity index (χ0n) is 16.0. The molecule has 7 heteroatoms. The number of pyridine rings is 1. The van der Waals surface area contributed by atoms with Crippen LogP contribution in [0.15, 0.2) is 47.2 Å². The molecule has 2 aliphatic heterocycles. The van der Waals surface area contributed by atoms with Crippen molar-refractivity contribution in [2.24, 2.45) is 5.92 Å². The van der Waals surface area contributed by atoms with Gasteiger partial charge >= 0.3 is 0 Å². The van der Waals surface area contributed by atoms with E-state index in [-0.39, 0.29) is 11.7 Å². The second-order valence-corrected chi connectivity index (χ2v) is 8.53. The lowest BCUT2D eigenvalue weighted by Gasteiger charge is -2.30. The average molecular weight is 456 g/mol. The van der Waals surface area contributed by atoms with Gasteiger partial charge in [0, 0.05) is 34.9 Å². The van der Waals surface area contributed by atoms with Crippen molar-refractivity contribution in [1.82, 2.24) is 14.3 Å². The second-order valence-electron chi connectivity index (χ2n) is 7.62. The van der Waals surface area contributed by atoms with Gasteiger partial charge in [-0.15, -0.1) is 0 Å². The van der Waals surface area contributed by atoms with Crippen LogP contribution in [0.2, 0.25) is 0 Å². The molecule has 0 amide bonds. The van der Waals surface area contributed by atoms with Gasteiger partial charge < -0.3 is 13.9 Å². The number of carbonyl (C=O) groups is 1. The quantitative estimate of drug-likeness (QED) is 0.557. The van der Waals surface area contributed by atoms with Gasteiger partial charge in [0.1, 0.15) is 18.9 Å². The Morgan fingerprint density at radius 2 is 1.86 bits per heavy atom. The first-order valence-corrected chi connectivity index (χ1v) is 10.7. The fraction of sp³-hybridized carbons (Fsp3) is 0.364. The number of hydrogen-bond donors (Lipinski definition) is 0. The highest BCUT2D eigenvalue weighted by molar-refractivity contribution is 9.10. The molecule has 2 aromatic heterocycles. The first kappa shape index (κ1) is 18.6. The van der Waals surface area contributed by atoms with Gasteiger partial charge in [0.2, 0.25) is 0 Å². The monoisotopic (exact) mass is 455 g/mol. The Labute approximate surface area is 177 Å². The minimum absolute atomic E-state index is 0.0610. The number of fused-ring (bicyclic) bond motifs is 2. The van der Waals surface area contributed by atoms with E-state index in [9.17, 15) is 4.79 Å². The molecule has 3 aromatic rings. The van der Waals surface area contributed by atoms with E-state index < -0.39 is 0 Å². The molecule has 0 spiro atoms. The molecule has 0 N–H and O–H groups in total. The molecule has 0 unspecified atom stereocenters. The molecule has 6 nitrogen and oxygen atoms in total. The van der Waals surface area contributed by atoms with Crippen molar-refractivity contribution < 1.29 is 14.3 Å². The minimum atomic E-state index is 0.0610. The predicted octanol–water partition coefficient (Wildman–Crippen LogP) is 3.96. The molecule has 5 rings (SSSR count). The number of Topliss-reactive ketones (excluding diaryl/α,β-unsaturated/α-hetero) is 1. The van der Waals surface area contributed by atoms with E-state index in [4.69, 9.17) is 14.5 Å². The van der Waals surface area contributed by atoms with Crippen LogP contribution in [0.1, 0.15) is 28.9 Å². The summed E-state index contributed by atoms with van der Waals surface area (Å²) in [6, 6.07) is 9.54. The van der Waals surface area contributed by atoms with E-state index in [2.05, 4.69) is 27.0 Å². The summed E-state index contributed by atoms with van der Waals surface area (Å²) >= 11 is 3.49. The number of halogens is 1. The number of hydrogen-bond acceptors (Lipinski definition) is 5. The van der Waals surface area contributed by atoms with Gasteiger partial charge in [0.15, 0.2) is 17.3 Å². The highest BCUT2D eigenvalue weighted by Gasteiger charge is 2.27. The molecule has 1 fully saturated rings. The van der Waals surface area contributed by atoms with Crippen molar-refractivity contribution in [1.29, 1.82) is 0 Å². The van der Waals surface area contributed by atoms with Crippen LogP contribution in [0, 0.1) is 5.92 Å². The third-order valence-electron chi connectivity index (χ3n) is 5.64. The first-order valence-electron chi connectivity index (χ1n) is 9.95. The van der Waals surface area contributed by atoms with Crippen LogP contribution in [-0.2, 0) is 6.54 Å². The van der Waals surface area contributed by atoms with Crippen molar-refractivity contribution in [3.8, 4) is 11.5 Å². The maximum Gasteiger partial charge on any atom is 0.166 e. The van der Waals surface area contributed by atoms with E-state index in [1.807, 2.05) is 40.9 Å². The second kappa shape index (κ2) is 7.80. The van der Waals surface area contributed by atoms with Gasteiger partial charge in [-0.1, -0.05) is 0 Å². The number of nitrogens with zero attached hydrogens (tertiary/aromatic N) is 3. The van der Waals surface area contributed by atoms with Crippen LogP contribution in [0.4, 0.5) is 0 Å². The van der Waals surface area contributed by atoms with Crippen LogP contribution in [0.3, 0.4) is 0 Å². The van der Waals surface area contributed by atoms with Crippen LogP contribution >= 0.6 is 15.9 Å². The van der Waals surface area contributed by atoms with Crippen LogP contribution in [0.25, 0.3) is 5.65 Å². The summed E-state index contributed by atoms with van der Waals surface area (Å²) in [7, 11) is 0. The van der Waals surface area contributed by atoms with E-state index in [0.29, 0.717) is 19.0 Å². The SMILES string of the molecule is O=C(c1ccc2c(c1)OCCO2)C1CCN(Cc2cn3cc(Br)ccc3n2)CC1. The standard InChI is InChI=1S/C22H22BrN3O3/c23-17-2-4-21-24-18(14-26(21)12-17)13-25-7-5-15(6-8-25)22(27)16-1-3-19-20(11-16)29-10-9-28-19/h1-4,11-12,14-15H,5-10,13H2. The van der Waals surface area contributed by atoms with Gasteiger partial charge in [0.05, 0.1) is 5.69 Å². The Kier molecular flexibility index (Phi) is 5.01. The Morgan fingerprint density at radius 3 is 2.69 bits per heavy atom. The van der Waals surface area contributed by atoms with Crippen molar-refractivity contribution >= 4 is 27.4 Å². The molecule has 2 aliphatic rings. The van der Waals surface area contributed by atoms with Crippen molar-refractivity contribution in [3.63, 3.8) is 0 Å². The zero-order valence-corrected chi connectivity index (χ0v) is 17.6.